The normalized spacial score (nSPS) is 13.2. The minimum atomic E-state index is -1.98. The summed E-state index contributed by atoms with van der Waals surface area (Å²) in [5.41, 5.74) is 1.20. The number of carbonyl (C=O) groups is 2. The summed E-state index contributed by atoms with van der Waals surface area (Å²) in [7, 11) is 0. The Balaban J connectivity index is 2.13. The fourth-order valence-corrected chi connectivity index (χ4v) is 2.27. The van der Waals surface area contributed by atoms with Crippen molar-refractivity contribution in [1.82, 2.24) is 0 Å². The van der Waals surface area contributed by atoms with Gasteiger partial charge in [-0.15, -0.1) is 0 Å². The number of ketones is 2. The average molecular weight is 270 g/mol. The van der Waals surface area contributed by atoms with Crippen LogP contribution >= 0.6 is 0 Å². The summed E-state index contributed by atoms with van der Waals surface area (Å²) in [5.74, 6) is -0.404. The largest absolute Gasteiger partial charge is 0.442 e. The smallest absolute Gasteiger partial charge is 0.310 e. The quantitative estimate of drug-likeness (QED) is 0.681. The van der Waals surface area contributed by atoms with Gasteiger partial charge >= 0.3 is 6.48 Å². The molecule has 0 fully saturated rings. The van der Waals surface area contributed by atoms with Crippen LogP contribution in [0.5, 0.6) is 5.75 Å². The molecule has 2 aromatic carbocycles. The van der Waals surface area contributed by atoms with Crippen LogP contribution in [0.25, 0.3) is 0 Å². The first-order valence-electron chi connectivity index (χ1n) is 5.93. The molecule has 0 saturated heterocycles. The molecule has 5 nitrogen and oxygen atoms in total. The van der Waals surface area contributed by atoms with E-state index in [9.17, 15) is 9.59 Å². The zero-order chi connectivity index (χ0) is 14.3. The molecule has 3 rings (SSSR count). The number of hydrogen-bond donors (Lipinski definition) is 2. The number of fused-ring (bicyclic) bond motifs is 2. The fourth-order valence-electron chi connectivity index (χ4n) is 2.27. The lowest BCUT2D eigenvalue weighted by Gasteiger charge is -2.18. The first-order valence-corrected chi connectivity index (χ1v) is 5.93. The average Bonchev–Trinajstić information content (AvgIpc) is 2.44. The maximum atomic E-state index is 12.4. The topological polar surface area (TPSA) is 83.8 Å². The lowest BCUT2D eigenvalue weighted by atomic mass is 9.84. The summed E-state index contributed by atoms with van der Waals surface area (Å²) in [5, 5.41) is 17.5. The fraction of sp³-hybridized carbons (Fsp3) is 0.0667. The minimum Gasteiger partial charge on any atom is -0.442 e. The molecule has 0 saturated carbocycles. The number of ether oxygens (including phenoxy) is 1. The number of rotatable bonds is 2. The van der Waals surface area contributed by atoms with E-state index in [0.29, 0.717) is 11.1 Å². The molecule has 0 spiro atoms. The van der Waals surface area contributed by atoms with E-state index in [1.54, 1.807) is 24.3 Å². The summed E-state index contributed by atoms with van der Waals surface area (Å²) in [6, 6.07) is 10.8. The summed E-state index contributed by atoms with van der Waals surface area (Å²) in [6.45, 7) is -1.98. The van der Waals surface area contributed by atoms with Crippen molar-refractivity contribution in [1.29, 1.82) is 0 Å². The van der Waals surface area contributed by atoms with Gasteiger partial charge in [0.1, 0.15) is 5.75 Å². The number of aliphatic hydroxyl groups excluding tert-OH is 1. The molecule has 2 aromatic rings. The highest BCUT2D eigenvalue weighted by Crippen LogP contribution is 2.29. The highest BCUT2D eigenvalue weighted by molar-refractivity contribution is 6.28. The molecule has 0 radical (unpaired) electrons. The number of carbonyl (C=O) groups excluding carboxylic acids is 2. The van der Waals surface area contributed by atoms with Crippen molar-refractivity contribution in [3.63, 3.8) is 0 Å². The zero-order valence-corrected chi connectivity index (χ0v) is 10.2. The van der Waals surface area contributed by atoms with Crippen molar-refractivity contribution in [3.05, 3.63) is 64.7 Å². The standard InChI is InChI=1S/C15H10O5/c16-13-9-3-1-2-4-10(9)14(17)12-7-8(20-15(18)19)5-6-11(12)13/h1-7,15,18-19H. The van der Waals surface area contributed by atoms with E-state index < -0.39 is 6.48 Å². The highest BCUT2D eigenvalue weighted by Gasteiger charge is 2.29. The van der Waals surface area contributed by atoms with Crippen LogP contribution in [-0.4, -0.2) is 28.3 Å². The van der Waals surface area contributed by atoms with Crippen molar-refractivity contribution in [3.8, 4) is 5.75 Å². The van der Waals surface area contributed by atoms with E-state index in [-0.39, 0.29) is 28.4 Å². The Hall–Kier alpha value is -2.50. The first kappa shape index (κ1) is 12.5. The second-order valence-corrected chi connectivity index (χ2v) is 4.36. The molecule has 0 bridgehead atoms. The van der Waals surface area contributed by atoms with Crippen LogP contribution in [0.4, 0.5) is 0 Å². The van der Waals surface area contributed by atoms with Crippen LogP contribution in [0, 0.1) is 0 Å². The van der Waals surface area contributed by atoms with Gasteiger partial charge in [0.25, 0.3) is 0 Å². The molecule has 100 valence electrons. The Morgan fingerprint density at radius 2 is 1.35 bits per heavy atom. The Morgan fingerprint density at radius 1 is 0.800 bits per heavy atom. The first-order chi connectivity index (χ1) is 9.58. The monoisotopic (exact) mass is 270 g/mol. The van der Waals surface area contributed by atoms with Gasteiger partial charge in [0, 0.05) is 22.3 Å². The number of aliphatic hydroxyl groups is 2. The molecule has 0 aromatic heterocycles. The Kier molecular flexibility index (Phi) is 2.85. The molecule has 1 aliphatic carbocycles. The van der Waals surface area contributed by atoms with Gasteiger partial charge in [0.05, 0.1) is 0 Å². The van der Waals surface area contributed by atoms with Crippen LogP contribution in [0.3, 0.4) is 0 Å². The summed E-state index contributed by atoms with van der Waals surface area (Å²) >= 11 is 0. The molecule has 0 aliphatic heterocycles. The Labute approximate surface area is 114 Å². The van der Waals surface area contributed by atoms with Gasteiger partial charge in [-0.3, -0.25) is 9.59 Å². The van der Waals surface area contributed by atoms with Crippen molar-refractivity contribution in [2.24, 2.45) is 0 Å². The molecule has 0 unspecified atom stereocenters. The van der Waals surface area contributed by atoms with Crippen LogP contribution in [0.1, 0.15) is 31.8 Å². The Bertz CT molecular complexity index is 718. The predicted molar refractivity (Wildman–Crippen MR) is 68.6 cm³/mol. The summed E-state index contributed by atoms with van der Waals surface area (Å²) in [4.78, 5) is 24.7. The third-order valence-electron chi connectivity index (χ3n) is 3.14. The van der Waals surface area contributed by atoms with Crippen molar-refractivity contribution < 1.29 is 24.5 Å². The number of benzene rings is 2. The molecule has 0 heterocycles. The minimum absolute atomic E-state index is 0.110. The van der Waals surface area contributed by atoms with Gasteiger partial charge in [-0.05, 0) is 18.2 Å². The number of hydrogen-bond acceptors (Lipinski definition) is 5. The van der Waals surface area contributed by atoms with E-state index in [1.807, 2.05) is 0 Å². The molecule has 5 heteroatoms. The predicted octanol–water partition coefficient (Wildman–Crippen LogP) is 1.11. The molecule has 2 N–H and O–H groups in total. The van der Waals surface area contributed by atoms with Crippen molar-refractivity contribution in [2.75, 3.05) is 0 Å². The maximum absolute atomic E-state index is 12.4. The zero-order valence-electron chi connectivity index (χ0n) is 10.2. The van der Waals surface area contributed by atoms with Crippen molar-refractivity contribution in [2.45, 2.75) is 6.48 Å². The van der Waals surface area contributed by atoms with Crippen LogP contribution in [0.2, 0.25) is 0 Å². The lowest BCUT2D eigenvalue weighted by molar-refractivity contribution is -0.179. The molecule has 1 aliphatic rings. The third kappa shape index (κ3) is 1.89. The summed E-state index contributed by atoms with van der Waals surface area (Å²) in [6.07, 6.45) is 0. The van der Waals surface area contributed by atoms with Gasteiger partial charge < -0.3 is 14.9 Å². The van der Waals surface area contributed by atoms with Gasteiger partial charge in [-0.2, -0.15) is 0 Å². The van der Waals surface area contributed by atoms with Gasteiger partial charge in [0.15, 0.2) is 11.6 Å². The molecule has 20 heavy (non-hydrogen) atoms. The van der Waals surface area contributed by atoms with Crippen LogP contribution in [0.15, 0.2) is 42.5 Å². The van der Waals surface area contributed by atoms with E-state index in [2.05, 4.69) is 0 Å². The van der Waals surface area contributed by atoms with E-state index in [0.717, 1.165) is 0 Å². The van der Waals surface area contributed by atoms with Crippen molar-refractivity contribution >= 4 is 11.6 Å². The molecule has 0 amide bonds. The second kappa shape index (κ2) is 4.56. The van der Waals surface area contributed by atoms with Gasteiger partial charge in [-0.1, -0.05) is 24.3 Å². The Morgan fingerprint density at radius 3 is 1.95 bits per heavy atom. The van der Waals surface area contributed by atoms with E-state index in [1.165, 1.54) is 18.2 Å². The summed E-state index contributed by atoms with van der Waals surface area (Å²) < 4.78 is 4.70. The van der Waals surface area contributed by atoms with Gasteiger partial charge in [-0.25, -0.2) is 0 Å². The second-order valence-electron chi connectivity index (χ2n) is 4.36. The van der Waals surface area contributed by atoms with Crippen LogP contribution in [-0.2, 0) is 0 Å². The SMILES string of the molecule is O=C1c2ccccc2C(=O)c2cc(OC(O)O)ccc21. The molecule has 0 atom stereocenters. The maximum Gasteiger partial charge on any atom is 0.310 e. The highest BCUT2D eigenvalue weighted by atomic mass is 16.7. The third-order valence-corrected chi connectivity index (χ3v) is 3.14. The molecular weight excluding hydrogens is 260 g/mol. The van der Waals surface area contributed by atoms with E-state index >= 15 is 0 Å². The van der Waals surface area contributed by atoms with E-state index in [4.69, 9.17) is 14.9 Å². The molecular formula is C15H10O5. The van der Waals surface area contributed by atoms with Gasteiger partial charge in [0.2, 0.25) is 0 Å². The lowest BCUT2D eigenvalue weighted by Crippen LogP contribution is -2.21. The van der Waals surface area contributed by atoms with Crippen LogP contribution < -0.4 is 4.74 Å².